The number of carbonyl (C=O) groups is 1. The average molecular weight is 306 g/mol. The van der Waals surface area contributed by atoms with Crippen molar-refractivity contribution in [2.45, 2.75) is 18.9 Å². The Morgan fingerprint density at radius 3 is 2.32 bits per heavy atom. The van der Waals surface area contributed by atoms with Crippen molar-refractivity contribution in [2.75, 3.05) is 13.1 Å². The van der Waals surface area contributed by atoms with E-state index in [4.69, 9.17) is 28.3 Å². The van der Waals surface area contributed by atoms with Crippen LogP contribution < -0.4 is 0 Å². The lowest BCUT2D eigenvalue weighted by molar-refractivity contribution is 0.0572. The molecule has 1 aliphatic rings. The molecule has 19 heavy (non-hydrogen) atoms. The number of amides is 1. The van der Waals surface area contributed by atoms with Gasteiger partial charge in [0.1, 0.15) is 16.6 Å². The van der Waals surface area contributed by atoms with Crippen LogP contribution in [0.15, 0.2) is 6.33 Å². The first kappa shape index (κ1) is 14.3. The van der Waals surface area contributed by atoms with Gasteiger partial charge in [-0.2, -0.15) is 0 Å². The number of halogens is 2. The normalized spacial score (nSPS) is 18.4. The van der Waals surface area contributed by atoms with Crippen LogP contribution in [0.4, 0.5) is 4.79 Å². The molecule has 1 amide bonds. The summed E-state index contributed by atoms with van der Waals surface area (Å²) in [7, 11) is 0. The lowest BCUT2D eigenvalue weighted by Gasteiger charge is -2.32. The topological polar surface area (TPSA) is 86.5 Å². The molecule has 0 aliphatic carbocycles. The third kappa shape index (κ3) is 3.08. The fourth-order valence-corrected chi connectivity index (χ4v) is 2.78. The standard InChI is InChI=1S/C11H13Cl2N3O3/c12-9-7(10(13)15-5-14-9)8(17)6-1-3-16(4-2-6)11(18)19/h5-6,8,17H,1-4H2,(H,18,19). The molecule has 0 radical (unpaired) electrons. The Morgan fingerprint density at radius 2 is 1.84 bits per heavy atom. The Bertz CT molecular complexity index is 458. The Morgan fingerprint density at radius 1 is 1.32 bits per heavy atom. The third-order valence-corrected chi connectivity index (χ3v) is 3.94. The molecule has 1 fully saturated rings. The van der Waals surface area contributed by atoms with Gasteiger partial charge in [0.2, 0.25) is 0 Å². The van der Waals surface area contributed by atoms with Crippen molar-refractivity contribution < 1.29 is 15.0 Å². The number of hydrogen-bond acceptors (Lipinski definition) is 4. The molecule has 2 N–H and O–H groups in total. The van der Waals surface area contributed by atoms with Crippen molar-refractivity contribution in [2.24, 2.45) is 5.92 Å². The van der Waals surface area contributed by atoms with E-state index < -0.39 is 12.2 Å². The van der Waals surface area contributed by atoms with E-state index in [-0.39, 0.29) is 16.2 Å². The number of aliphatic hydroxyl groups is 1. The van der Waals surface area contributed by atoms with E-state index in [0.29, 0.717) is 31.5 Å². The summed E-state index contributed by atoms with van der Waals surface area (Å²) in [6.07, 6.45) is 0.516. The van der Waals surface area contributed by atoms with Gasteiger partial charge in [-0.3, -0.25) is 0 Å². The summed E-state index contributed by atoms with van der Waals surface area (Å²) < 4.78 is 0. The molecule has 104 valence electrons. The van der Waals surface area contributed by atoms with Crippen LogP contribution in [-0.2, 0) is 0 Å². The summed E-state index contributed by atoms with van der Waals surface area (Å²) in [4.78, 5) is 19.7. The van der Waals surface area contributed by atoms with Crippen LogP contribution in [-0.4, -0.2) is 44.3 Å². The monoisotopic (exact) mass is 305 g/mol. The number of aromatic nitrogens is 2. The Kier molecular flexibility index (Phi) is 4.44. The molecule has 0 bridgehead atoms. The van der Waals surface area contributed by atoms with Crippen molar-refractivity contribution in [3.63, 3.8) is 0 Å². The second-order valence-corrected chi connectivity index (χ2v) is 5.14. The van der Waals surface area contributed by atoms with Gasteiger partial charge in [0.15, 0.2) is 0 Å². The van der Waals surface area contributed by atoms with Crippen LogP contribution in [0.3, 0.4) is 0 Å². The second kappa shape index (κ2) is 5.90. The zero-order valence-electron chi connectivity index (χ0n) is 9.96. The van der Waals surface area contributed by atoms with Gasteiger partial charge in [-0.15, -0.1) is 0 Å². The fourth-order valence-electron chi connectivity index (χ4n) is 2.24. The van der Waals surface area contributed by atoms with Crippen LogP contribution in [0.25, 0.3) is 0 Å². The summed E-state index contributed by atoms with van der Waals surface area (Å²) >= 11 is 11.8. The van der Waals surface area contributed by atoms with Crippen LogP contribution in [0, 0.1) is 5.92 Å². The van der Waals surface area contributed by atoms with E-state index in [0.717, 1.165) is 0 Å². The number of carboxylic acid groups (broad SMARTS) is 1. The highest BCUT2D eigenvalue weighted by Crippen LogP contribution is 2.36. The van der Waals surface area contributed by atoms with E-state index in [9.17, 15) is 9.90 Å². The zero-order valence-corrected chi connectivity index (χ0v) is 11.5. The summed E-state index contributed by atoms with van der Waals surface area (Å²) in [5.74, 6) is -0.100. The highest BCUT2D eigenvalue weighted by Gasteiger charge is 2.31. The Hall–Kier alpha value is -1.11. The van der Waals surface area contributed by atoms with Crippen molar-refractivity contribution in [1.29, 1.82) is 0 Å². The zero-order chi connectivity index (χ0) is 14.0. The van der Waals surface area contributed by atoms with Crippen LogP contribution in [0.5, 0.6) is 0 Å². The SMILES string of the molecule is O=C(O)N1CCC(C(O)c2c(Cl)ncnc2Cl)CC1. The average Bonchev–Trinajstić information content (AvgIpc) is 2.38. The number of hydrogen-bond donors (Lipinski definition) is 2. The molecule has 2 rings (SSSR count). The van der Waals surface area contributed by atoms with Crippen LogP contribution in [0.2, 0.25) is 10.3 Å². The summed E-state index contributed by atoms with van der Waals surface area (Å²) in [5, 5.41) is 19.5. The van der Waals surface area contributed by atoms with Crippen molar-refractivity contribution >= 4 is 29.3 Å². The number of likely N-dealkylation sites (tertiary alicyclic amines) is 1. The fraction of sp³-hybridized carbons (Fsp3) is 0.545. The summed E-state index contributed by atoms with van der Waals surface area (Å²) in [6, 6.07) is 0. The molecule has 1 unspecified atom stereocenters. The molecule has 6 nitrogen and oxygen atoms in total. The van der Waals surface area contributed by atoms with Crippen molar-refractivity contribution in [3.8, 4) is 0 Å². The van der Waals surface area contributed by atoms with Crippen molar-refractivity contribution in [3.05, 3.63) is 22.2 Å². The molecule has 0 saturated carbocycles. The first-order chi connectivity index (χ1) is 9.00. The lowest BCUT2D eigenvalue weighted by atomic mass is 9.88. The van der Waals surface area contributed by atoms with E-state index >= 15 is 0 Å². The Labute approximate surface area is 120 Å². The van der Waals surface area contributed by atoms with Gasteiger partial charge in [0, 0.05) is 13.1 Å². The summed E-state index contributed by atoms with van der Waals surface area (Å²) in [6.45, 7) is 0.778. The van der Waals surface area contributed by atoms with E-state index in [2.05, 4.69) is 9.97 Å². The van der Waals surface area contributed by atoms with Gasteiger partial charge < -0.3 is 15.1 Å². The number of nitrogens with zero attached hydrogens (tertiary/aromatic N) is 3. The highest BCUT2D eigenvalue weighted by molar-refractivity contribution is 6.34. The molecule has 2 heterocycles. The third-order valence-electron chi connectivity index (χ3n) is 3.34. The van der Waals surface area contributed by atoms with E-state index in [1.165, 1.54) is 11.2 Å². The van der Waals surface area contributed by atoms with Gasteiger partial charge in [0.05, 0.1) is 11.7 Å². The molecule has 1 aromatic heterocycles. The number of piperidine rings is 1. The van der Waals surface area contributed by atoms with Gasteiger partial charge >= 0.3 is 6.09 Å². The Balaban J connectivity index is 2.09. The number of aliphatic hydroxyl groups excluding tert-OH is 1. The molecule has 1 atom stereocenters. The lowest BCUT2D eigenvalue weighted by Crippen LogP contribution is -2.39. The van der Waals surface area contributed by atoms with Crippen molar-refractivity contribution in [1.82, 2.24) is 14.9 Å². The molecular formula is C11H13Cl2N3O3. The maximum atomic E-state index is 10.8. The van der Waals surface area contributed by atoms with Crippen LogP contribution >= 0.6 is 23.2 Å². The minimum absolute atomic E-state index is 0.100. The quantitative estimate of drug-likeness (QED) is 0.818. The molecule has 0 aromatic carbocycles. The maximum Gasteiger partial charge on any atom is 0.407 e. The molecule has 1 saturated heterocycles. The van der Waals surface area contributed by atoms with E-state index in [1.807, 2.05) is 0 Å². The first-order valence-corrected chi connectivity index (χ1v) is 6.58. The molecule has 8 heteroatoms. The maximum absolute atomic E-state index is 10.8. The van der Waals surface area contributed by atoms with Gasteiger partial charge in [-0.1, -0.05) is 23.2 Å². The molecule has 1 aromatic rings. The van der Waals surface area contributed by atoms with Gasteiger partial charge in [-0.25, -0.2) is 14.8 Å². The first-order valence-electron chi connectivity index (χ1n) is 5.82. The molecule has 0 spiro atoms. The summed E-state index contributed by atoms with van der Waals surface area (Å²) in [5.41, 5.74) is 0.319. The van der Waals surface area contributed by atoms with E-state index in [1.54, 1.807) is 0 Å². The minimum Gasteiger partial charge on any atom is -0.465 e. The van der Waals surface area contributed by atoms with Gasteiger partial charge in [-0.05, 0) is 18.8 Å². The van der Waals surface area contributed by atoms with Gasteiger partial charge in [0.25, 0.3) is 0 Å². The smallest absolute Gasteiger partial charge is 0.407 e. The predicted octanol–water partition coefficient (Wildman–Crippen LogP) is 2.21. The largest absolute Gasteiger partial charge is 0.465 e. The highest BCUT2D eigenvalue weighted by atomic mass is 35.5. The minimum atomic E-state index is -0.938. The second-order valence-electron chi connectivity index (χ2n) is 4.42. The predicted molar refractivity (Wildman–Crippen MR) is 69.3 cm³/mol. The molecular weight excluding hydrogens is 293 g/mol. The molecule has 1 aliphatic heterocycles. The number of rotatable bonds is 2. The van der Waals surface area contributed by atoms with Crippen LogP contribution in [0.1, 0.15) is 24.5 Å².